The van der Waals surface area contributed by atoms with Gasteiger partial charge in [-0.1, -0.05) is 28.1 Å². The molecule has 4 heteroatoms. The summed E-state index contributed by atoms with van der Waals surface area (Å²) in [5.74, 6) is -0.614. The molecule has 1 aromatic rings. The Hall–Kier alpha value is -0.870. The zero-order valence-corrected chi connectivity index (χ0v) is 9.70. The summed E-state index contributed by atoms with van der Waals surface area (Å²) in [6.07, 6.45) is 1.05. The fourth-order valence-electron chi connectivity index (χ4n) is 1.99. The van der Waals surface area contributed by atoms with Crippen LogP contribution in [-0.4, -0.2) is 16.6 Å². The number of carbonyl (C=O) groups is 1. The van der Waals surface area contributed by atoms with Gasteiger partial charge in [0.25, 0.3) is 0 Å². The Balaban J connectivity index is 2.09. The zero-order valence-electron chi connectivity index (χ0n) is 8.11. The Morgan fingerprint density at radius 3 is 2.73 bits per heavy atom. The molecule has 3 nitrogen and oxygen atoms in total. The van der Waals surface area contributed by atoms with Gasteiger partial charge in [-0.05, 0) is 36.5 Å². The molecule has 0 spiro atoms. The van der Waals surface area contributed by atoms with Crippen molar-refractivity contribution in [1.29, 1.82) is 0 Å². The Bertz CT molecular complexity index is 399. The number of nitrogens with two attached hydrogens (primary N) is 1. The van der Waals surface area contributed by atoms with E-state index in [0.717, 1.165) is 10.0 Å². The number of aliphatic carboxylic acids is 1. The van der Waals surface area contributed by atoms with Gasteiger partial charge in [0.05, 0.1) is 0 Å². The van der Waals surface area contributed by atoms with Crippen molar-refractivity contribution < 1.29 is 9.90 Å². The predicted molar refractivity (Wildman–Crippen MR) is 60.7 cm³/mol. The van der Waals surface area contributed by atoms with Crippen molar-refractivity contribution >= 4 is 21.9 Å². The lowest BCUT2D eigenvalue weighted by molar-refractivity contribution is -0.147. The highest BCUT2D eigenvalue weighted by atomic mass is 79.9. The van der Waals surface area contributed by atoms with Gasteiger partial charge in [-0.3, -0.25) is 4.79 Å². The summed E-state index contributed by atoms with van der Waals surface area (Å²) in [5.41, 5.74) is 5.85. The largest absolute Gasteiger partial charge is 0.480 e. The molecule has 0 atom stereocenters. The highest BCUT2D eigenvalue weighted by molar-refractivity contribution is 9.10. The van der Waals surface area contributed by atoms with Crippen molar-refractivity contribution in [3.05, 3.63) is 34.3 Å². The van der Waals surface area contributed by atoms with Crippen LogP contribution in [0.25, 0.3) is 0 Å². The van der Waals surface area contributed by atoms with Gasteiger partial charge in [0.15, 0.2) is 0 Å². The first-order chi connectivity index (χ1) is 7.01. The molecule has 80 valence electrons. The number of carboxylic acid groups (broad SMARTS) is 1. The number of hydrogen-bond acceptors (Lipinski definition) is 2. The molecule has 0 amide bonds. The Morgan fingerprint density at radius 2 is 2.20 bits per heavy atom. The number of hydrogen-bond donors (Lipinski definition) is 2. The van der Waals surface area contributed by atoms with Gasteiger partial charge >= 0.3 is 5.97 Å². The molecule has 0 aliphatic heterocycles. The molecule has 1 aliphatic carbocycles. The van der Waals surface area contributed by atoms with Crippen molar-refractivity contribution in [2.45, 2.75) is 24.3 Å². The van der Waals surface area contributed by atoms with E-state index in [0.29, 0.717) is 12.8 Å². The first kappa shape index (κ1) is 10.6. The SMILES string of the molecule is NC1(C(=O)O)CC(c2cccc(Br)c2)C1. The number of rotatable bonds is 2. The van der Waals surface area contributed by atoms with Crippen LogP contribution in [0.5, 0.6) is 0 Å². The second kappa shape index (κ2) is 3.61. The molecule has 0 bridgehead atoms. The second-order valence-electron chi connectivity index (χ2n) is 4.12. The summed E-state index contributed by atoms with van der Waals surface area (Å²) in [4.78, 5) is 10.8. The predicted octanol–water partition coefficient (Wildman–Crippen LogP) is 2.11. The topological polar surface area (TPSA) is 63.3 Å². The van der Waals surface area contributed by atoms with E-state index in [9.17, 15) is 4.79 Å². The molecule has 3 N–H and O–H groups in total. The Labute approximate surface area is 96.4 Å². The number of carboxylic acids is 1. The van der Waals surface area contributed by atoms with Crippen LogP contribution >= 0.6 is 15.9 Å². The summed E-state index contributed by atoms with van der Waals surface area (Å²) in [6, 6.07) is 7.94. The number of halogens is 1. The first-order valence-electron chi connectivity index (χ1n) is 4.79. The molecule has 15 heavy (non-hydrogen) atoms. The lowest BCUT2D eigenvalue weighted by Gasteiger charge is -2.41. The van der Waals surface area contributed by atoms with E-state index in [2.05, 4.69) is 15.9 Å². The van der Waals surface area contributed by atoms with Crippen LogP contribution in [0.3, 0.4) is 0 Å². The highest BCUT2D eigenvalue weighted by Crippen LogP contribution is 2.43. The highest BCUT2D eigenvalue weighted by Gasteiger charge is 2.47. The van der Waals surface area contributed by atoms with E-state index in [1.54, 1.807) is 0 Å². The van der Waals surface area contributed by atoms with E-state index in [4.69, 9.17) is 10.8 Å². The van der Waals surface area contributed by atoms with Gasteiger partial charge < -0.3 is 10.8 Å². The van der Waals surface area contributed by atoms with Gasteiger partial charge in [0.2, 0.25) is 0 Å². The molecule has 1 aromatic carbocycles. The zero-order chi connectivity index (χ0) is 11.1. The quantitative estimate of drug-likeness (QED) is 0.865. The van der Waals surface area contributed by atoms with Gasteiger partial charge in [-0.25, -0.2) is 0 Å². The maximum absolute atomic E-state index is 10.8. The summed E-state index contributed by atoms with van der Waals surface area (Å²) in [6.45, 7) is 0. The van der Waals surface area contributed by atoms with Gasteiger partial charge in [0.1, 0.15) is 5.54 Å². The molecule has 0 saturated heterocycles. The normalized spacial score (nSPS) is 29.6. The molecule has 1 aliphatic rings. The maximum atomic E-state index is 10.8. The average molecular weight is 270 g/mol. The van der Waals surface area contributed by atoms with Crippen molar-refractivity contribution in [2.24, 2.45) is 5.73 Å². The molecular weight excluding hydrogens is 258 g/mol. The smallest absolute Gasteiger partial charge is 0.323 e. The third-order valence-corrected chi connectivity index (χ3v) is 3.46. The average Bonchev–Trinajstić information content (AvgIpc) is 2.12. The molecule has 0 unspecified atom stereocenters. The monoisotopic (exact) mass is 269 g/mol. The van der Waals surface area contributed by atoms with Crippen molar-refractivity contribution in [2.75, 3.05) is 0 Å². The molecular formula is C11H12BrNO2. The minimum Gasteiger partial charge on any atom is -0.480 e. The maximum Gasteiger partial charge on any atom is 0.323 e. The third kappa shape index (κ3) is 1.92. The molecule has 1 saturated carbocycles. The van der Waals surface area contributed by atoms with Crippen LogP contribution in [0.4, 0.5) is 0 Å². The van der Waals surface area contributed by atoms with Crippen LogP contribution in [0, 0.1) is 0 Å². The van der Waals surface area contributed by atoms with E-state index >= 15 is 0 Å². The first-order valence-corrected chi connectivity index (χ1v) is 5.58. The summed E-state index contributed by atoms with van der Waals surface area (Å²) in [7, 11) is 0. The second-order valence-corrected chi connectivity index (χ2v) is 5.04. The lowest BCUT2D eigenvalue weighted by Crippen LogP contribution is -2.56. The molecule has 0 radical (unpaired) electrons. The lowest BCUT2D eigenvalue weighted by atomic mass is 9.66. The van der Waals surface area contributed by atoms with E-state index in [1.807, 2.05) is 24.3 Å². The molecule has 0 aromatic heterocycles. The van der Waals surface area contributed by atoms with Crippen molar-refractivity contribution in [1.82, 2.24) is 0 Å². The summed E-state index contributed by atoms with van der Waals surface area (Å²) >= 11 is 3.39. The minimum absolute atomic E-state index is 0.281. The van der Waals surface area contributed by atoms with Gasteiger partial charge in [-0.2, -0.15) is 0 Å². The fraction of sp³-hybridized carbons (Fsp3) is 0.364. The molecule has 2 rings (SSSR count). The summed E-state index contributed by atoms with van der Waals surface area (Å²) < 4.78 is 1.02. The molecule has 1 fully saturated rings. The van der Waals surface area contributed by atoms with Crippen LogP contribution in [0.15, 0.2) is 28.7 Å². The Kier molecular flexibility index (Phi) is 2.56. The van der Waals surface area contributed by atoms with E-state index < -0.39 is 11.5 Å². The van der Waals surface area contributed by atoms with E-state index in [-0.39, 0.29) is 5.92 Å². The molecule has 0 heterocycles. The van der Waals surface area contributed by atoms with Gasteiger partial charge in [0, 0.05) is 4.47 Å². The third-order valence-electron chi connectivity index (χ3n) is 2.97. The fourth-order valence-corrected chi connectivity index (χ4v) is 2.41. The standard InChI is InChI=1S/C11H12BrNO2/c12-9-3-1-2-7(4-9)8-5-11(13,6-8)10(14)15/h1-4,8H,5-6,13H2,(H,14,15). The Morgan fingerprint density at radius 1 is 1.53 bits per heavy atom. The van der Waals surface area contributed by atoms with Crippen LogP contribution in [0.2, 0.25) is 0 Å². The van der Waals surface area contributed by atoms with Crippen LogP contribution in [-0.2, 0) is 4.79 Å². The minimum atomic E-state index is -1.01. The van der Waals surface area contributed by atoms with Crippen molar-refractivity contribution in [3.63, 3.8) is 0 Å². The van der Waals surface area contributed by atoms with Gasteiger partial charge in [-0.15, -0.1) is 0 Å². The number of benzene rings is 1. The van der Waals surface area contributed by atoms with Crippen molar-refractivity contribution in [3.8, 4) is 0 Å². The van der Waals surface area contributed by atoms with Crippen LogP contribution < -0.4 is 5.73 Å². The van der Waals surface area contributed by atoms with E-state index in [1.165, 1.54) is 0 Å². The summed E-state index contributed by atoms with van der Waals surface area (Å²) in [5, 5.41) is 8.88. The van der Waals surface area contributed by atoms with Crippen LogP contribution in [0.1, 0.15) is 24.3 Å².